The van der Waals surface area contributed by atoms with Gasteiger partial charge in [-0.2, -0.15) is 0 Å². The second-order valence-corrected chi connectivity index (χ2v) is 4.63. The Labute approximate surface area is 113 Å². The van der Waals surface area contributed by atoms with Gasteiger partial charge in [0.05, 0.1) is 0 Å². The van der Waals surface area contributed by atoms with Crippen LogP contribution < -0.4 is 11.0 Å². The van der Waals surface area contributed by atoms with E-state index in [0.717, 1.165) is 0 Å². The van der Waals surface area contributed by atoms with Gasteiger partial charge in [-0.15, -0.1) is 0 Å². The number of nitrogen functional groups attached to an aromatic ring is 1. The molecular formula is C13H13N3O3. The van der Waals surface area contributed by atoms with Crippen LogP contribution in [0.25, 0.3) is 0 Å². The molecule has 0 aromatic heterocycles. The number of nitrogens with one attached hydrogen (secondary N) is 1. The van der Waals surface area contributed by atoms with Crippen molar-refractivity contribution in [1.29, 1.82) is 0 Å². The minimum atomic E-state index is -0.854. The van der Waals surface area contributed by atoms with Crippen LogP contribution >= 0.6 is 0 Å². The van der Waals surface area contributed by atoms with Crippen molar-refractivity contribution < 1.29 is 18.6 Å². The van der Waals surface area contributed by atoms with E-state index < -0.39 is 17.9 Å². The molecule has 0 radical (unpaired) electrons. The monoisotopic (exact) mass is 262 g/mol. The predicted molar refractivity (Wildman–Crippen MR) is 66.9 cm³/mol. The number of rotatable bonds is 2. The molecule has 6 heteroatoms. The van der Waals surface area contributed by atoms with Crippen LogP contribution in [0, 0.1) is 0 Å². The number of hydrogen-bond donors (Lipinski definition) is 2. The second kappa shape index (κ2) is 4.08. The van der Waals surface area contributed by atoms with Crippen molar-refractivity contribution in [2.75, 3.05) is 5.72 Å². The quantitative estimate of drug-likeness (QED) is 0.581. The summed E-state index contributed by atoms with van der Waals surface area (Å²) in [6, 6.07) is 3.86. The fourth-order valence-electron chi connectivity index (χ4n) is 2.52. The number of hydrogen-bond acceptors (Lipinski definition) is 4. The molecule has 0 aliphatic carbocycles. The lowest BCUT2D eigenvalue weighted by Gasteiger charge is -2.29. The van der Waals surface area contributed by atoms with Crippen molar-refractivity contribution in [2.24, 2.45) is 0 Å². The molecule has 2 heterocycles. The van der Waals surface area contributed by atoms with E-state index in [1.165, 1.54) is 4.90 Å². The third-order valence-corrected chi connectivity index (χ3v) is 3.50. The molecule has 1 unspecified atom stereocenters. The van der Waals surface area contributed by atoms with Crippen LogP contribution in [0.1, 0.15) is 28.8 Å². The Kier molecular flexibility index (Phi) is 1.87. The zero-order valence-electron chi connectivity index (χ0n) is 13.0. The fourth-order valence-corrected chi connectivity index (χ4v) is 2.52. The molecule has 2 aliphatic heterocycles. The summed E-state index contributed by atoms with van der Waals surface area (Å²) in [4.78, 5) is 37.2. The van der Waals surface area contributed by atoms with E-state index >= 15 is 0 Å². The van der Waals surface area contributed by atoms with Crippen molar-refractivity contribution >= 4 is 23.4 Å². The van der Waals surface area contributed by atoms with E-state index in [0.29, 0.717) is 22.2 Å². The van der Waals surface area contributed by atoms with Crippen molar-refractivity contribution in [3.05, 3.63) is 29.3 Å². The molecule has 98 valence electrons. The Bertz CT molecular complexity index is 680. The molecule has 3 N–H and O–H groups in total. The largest absolute Gasteiger partial charge is 0.398 e. The molecule has 0 spiro atoms. The number of anilines is 1. The summed E-state index contributed by atoms with van der Waals surface area (Å²) in [5, 5.41) is 0.312. The Morgan fingerprint density at radius 3 is 3.05 bits per heavy atom. The van der Waals surface area contributed by atoms with Gasteiger partial charge in [0.2, 0.25) is 11.8 Å². The summed E-state index contributed by atoms with van der Waals surface area (Å²) in [6.07, 6.45) is 0.226. The number of carbonyl (C=O) groups excluding carboxylic acids is 3. The number of nitrogens with two attached hydrogens (primary N) is 1. The maximum absolute atomic E-state index is 12.5. The molecule has 1 fully saturated rings. The highest BCUT2D eigenvalue weighted by Crippen LogP contribution is 2.30. The van der Waals surface area contributed by atoms with E-state index in [2.05, 4.69) is 0 Å². The van der Waals surface area contributed by atoms with Crippen molar-refractivity contribution in [3.8, 4) is 0 Å². The number of imide groups is 1. The molecule has 0 bridgehead atoms. The maximum atomic E-state index is 12.5. The van der Waals surface area contributed by atoms with Gasteiger partial charge in [-0.3, -0.25) is 19.7 Å². The molecule has 3 amide bonds. The highest BCUT2D eigenvalue weighted by atomic mass is 16.2. The van der Waals surface area contributed by atoms with Crippen LogP contribution in [0.4, 0.5) is 5.69 Å². The molecule has 1 atom stereocenters. The lowest BCUT2D eigenvalue weighted by molar-refractivity contribution is -0.136. The summed E-state index contributed by atoms with van der Waals surface area (Å²) >= 11 is 0. The zero-order valence-corrected chi connectivity index (χ0v) is 10.00. The third kappa shape index (κ3) is 1.76. The number of carbonyl (C=O) groups is 3. The first-order valence-electron chi connectivity index (χ1n) is 7.32. The number of nitrogens with zero attached hydrogens (tertiary/aromatic N) is 1. The fraction of sp³-hybridized carbons (Fsp3) is 0.308. The first-order valence-corrected chi connectivity index (χ1v) is 5.98. The topological polar surface area (TPSA) is 92.5 Å². The molecule has 2 aliphatic rings. The van der Waals surface area contributed by atoms with Crippen LogP contribution in [0.2, 0.25) is 4.24 Å². The zero-order chi connectivity index (χ0) is 16.0. The summed E-state index contributed by atoms with van der Waals surface area (Å²) in [5.74, 6) is -1.66. The lowest BCUT2D eigenvalue weighted by Crippen LogP contribution is -2.52. The normalized spacial score (nSPS) is 24.9. The Balaban J connectivity index is 1.93. The molecule has 1 aromatic carbocycles. The third-order valence-electron chi connectivity index (χ3n) is 3.50. The van der Waals surface area contributed by atoms with Gasteiger partial charge in [0, 0.05) is 29.8 Å². The number of fused-ring (bicyclic) bond motifs is 1. The number of piperidine rings is 1. The average Bonchev–Trinajstić information content (AvgIpc) is 2.82. The summed E-state index contributed by atoms with van der Waals surface area (Å²) < 4.78 is 22.2. The standard InChI is InChI=1S/C13H13N3O3/c14-9-3-1-2-7-8(9)6-16(13(7)19)10-4-5-11(17)15-12(10)18/h1-3,10H,4-6,14H2,(H,15,17,18)/i/hD3. The number of benzene rings is 1. The highest BCUT2D eigenvalue weighted by Gasteiger charge is 2.39. The molecular weight excluding hydrogens is 246 g/mol. The van der Waals surface area contributed by atoms with Gasteiger partial charge in [-0.05, 0) is 18.6 Å². The van der Waals surface area contributed by atoms with Crippen molar-refractivity contribution in [1.82, 2.24) is 10.2 Å². The van der Waals surface area contributed by atoms with E-state index in [4.69, 9.17) is 4.24 Å². The highest BCUT2D eigenvalue weighted by molar-refractivity contribution is 6.06. The Hall–Kier alpha value is -2.37. The number of amides is 3. The van der Waals surface area contributed by atoms with Gasteiger partial charge in [-0.1, -0.05) is 6.07 Å². The van der Waals surface area contributed by atoms with Crippen LogP contribution in [0.15, 0.2) is 18.2 Å². The van der Waals surface area contributed by atoms with Crippen LogP contribution in [-0.4, -0.2) is 28.7 Å². The molecule has 3 rings (SSSR count). The molecule has 19 heavy (non-hydrogen) atoms. The van der Waals surface area contributed by atoms with E-state index in [1.54, 1.807) is 18.2 Å². The molecule has 1 saturated heterocycles. The van der Waals surface area contributed by atoms with Gasteiger partial charge >= 0.3 is 0 Å². The van der Waals surface area contributed by atoms with E-state index in [-0.39, 0.29) is 31.0 Å². The van der Waals surface area contributed by atoms with Gasteiger partial charge < -0.3 is 10.6 Å². The first-order chi connectivity index (χ1) is 10.4. The van der Waals surface area contributed by atoms with Crippen LogP contribution in [0.5, 0.6) is 0 Å². The van der Waals surface area contributed by atoms with Gasteiger partial charge in [0.1, 0.15) is 6.04 Å². The van der Waals surface area contributed by atoms with Gasteiger partial charge in [0.25, 0.3) is 5.91 Å². The summed E-state index contributed by atoms with van der Waals surface area (Å²) in [6.45, 7) is 0.0943. The smallest absolute Gasteiger partial charge is 0.255 e. The van der Waals surface area contributed by atoms with E-state index in [9.17, 15) is 14.4 Å². The molecule has 0 saturated carbocycles. The second-order valence-electron chi connectivity index (χ2n) is 4.63. The summed E-state index contributed by atoms with van der Waals surface area (Å²) in [5.41, 5.74) is 1.57. The maximum Gasteiger partial charge on any atom is 0.255 e. The van der Waals surface area contributed by atoms with Crippen LogP contribution in [-0.2, 0) is 16.1 Å². The minimum absolute atomic E-state index is 0.0376. The van der Waals surface area contributed by atoms with Gasteiger partial charge in [0.15, 0.2) is 4.24 Å². The summed E-state index contributed by atoms with van der Waals surface area (Å²) in [7, 11) is 0. The predicted octanol–water partition coefficient (Wildman–Crippen LogP) is 0.0298. The van der Waals surface area contributed by atoms with Crippen molar-refractivity contribution in [3.63, 3.8) is 0 Å². The minimum Gasteiger partial charge on any atom is -0.398 e. The van der Waals surface area contributed by atoms with E-state index in [1.807, 2.05) is 0 Å². The van der Waals surface area contributed by atoms with Crippen molar-refractivity contribution in [2.45, 2.75) is 25.4 Å². The molecule has 1 aromatic rings. The van der Waals surface area contributed by atoms with Crippen LogP contribution in [0.3, 0.4) is 0 Å². The average molecular weight is 262 g/mol. The first kappa shape index (κ1) is 8.68. The SMILES string of the molecule is [2H]N1C(=O)CCC(N2Cc3c(cccc3N([2H])[2H])C2=O)C1=O. The Morgan fingerprint density at radius 2 is 2.26 bits per heavy atom. The van der Waals surface area contributed by atoms with Gasteiger partial charge in [-0.25, -0.2) is 0 Å². The Morgan fingerprint density at radius 1 is 1.42 bits per heavy atom. The lowest BCUT2D eigenvalue weighted by atomic mass is 10.0. The molecule has 6 nitrogen and oxygen atoms in total.